The van der Waals surface area contributed by atoms with Gasteiger partial charge in [-0.3, -0.25) is 0 Å². The normalized spacial score (nSPS) is 11.5. The van der Waals surface area contributed by atoms with Crippen LogP contribution < -0.4 is 0 Å². The number of hydrogen-bond acceptors (Lipinski definition) is 0. The molecule has 1 nitrogen and oxygen atoms in total. The van der Waals surface area contributed by atoms with E-state index in [9.17, 15) is 0 Å². The fourth-order valence-electron chi connectivity index (χ4n) is 4.67. The Hall–Kier alpha value is -3.84. The summed E-state index contributed by atoms with van der Waals surface area (Å²) in [4.78, 5) is 0. The van der Waals surface area contributed by atoms with Crippen LogP contribution in [0.5, 0.6) is 0 Å². The van der Waals surface area contributed by atoms with Gasteiger partial charge in [0.1, 0.15) is 0 Å². The number of para-hydroxylation sites is 1. The zero-order chi connectivity index (χ0) is 20.1. The third-order valence-corrected chi connectivity index (χ3v) is 6.21. The Morgan fingerprint density at radius 3 is 1.87 bits per heavy atom. The highest BCUT2D eigenvalue weighted by Crippen LogP contribution is 2.35. The van der Waals surface area contributed by atoms with Crippen molar-refractivity contribution in [2.75, 3.05) is 0 Å². The van der Waals surface area contributed by atoms with Gasteiger partial charge in [0.05, 0.1) is 5.52 Å². The Bertz CT molecular complexity index is 1520. The summed E-state index contributed by atoms with van der Waals surface area (Å²) < 4.78 is 2.32. The van der Waals surface area contributed by atoms with Crippen LogP contribution in [0.2, 0.25) is 0 Å². The van der Waals surface area contributed by atoms with Gasteiger partial charge in [0.25, 0.3) is 0 Å². The Morgan fingerprint density at radius 1 is 0.467 bits per heavy atom. The average Bonchev–Trinajstić information content (AvgIpc) is 3.12. The van der Waals surface area contributed by atoms with Crippen molar-refractivity contribution < 1.29 is 0 Å². The second-order valence-corrected chi connectivity index (χ2v) is 7.92. The Labute approximate surface area is 175 Å². The lowest BCUT2D eigenvalue weighted by Crippen LogP contribution is -1.88. The molecule has 0 N–H and O–H groups in total. The first-order chi connectivity index (χ1) is 14.8. The van der Waals surface area contributed by atoms with Crippen LogP contribution in [0, 0.1) is 0 Å². The first kappa shape index (κ1) is 17.1. The summed E-state index contributed by atoms with van der Waals surface area (Å²) in [6.45, 7) is 0. The Balaban J connectivity index is 1.48. The van der Waals surface area contributed by atoms with Crippen molar-refractivity contribution in [1.29, 1.82) is 0 Å². The predicted molar refractivity (Wildman–Crippen MR) is 129 cm³/mol. The van der Waals surface area contributed by atoms with Gasteiger partial charge in [0.15, 0.2) is 0 Å². The van der Waals surface area contributed by atoms with E-state index in [4.69, 9.17) is 0 Å². The summed E-state index contributed by atoms with van der Waals surface area (Å²) in [7, 11) is 2.17. The van der Waals surface area contributed by atoms with E-state index >= 15 is 0 Å². The van der Waals surface area contributed by atoms with Crippen LogP contribution in [-0.4, -0.2) is 4.57 Å². The molecule has 142 valence electrons. The van der Waals surface area contributed by atoms with Crippen molar-refractivity contribution in [3.63, 3.8) is 0 Å². The molecule has 0 bridgehead atoms. The first-order valence-corrected chi connectivity index (χ1v) is 10.4. The van der Waals surface area contributed by atoms with Gasteiger partial charge in [-0.15, -0.1) is 0 Å². The van der Waals surface area contributed by atoms with Crippen LogP contribution in [0.4, 0.5) is 0 Å². The summed E-state index contributed by atoms with van der Waals surface area (Å²) in [5, 5.41) is 5.21. The molecule has 5 aromatic carbocycles. The van der Waals surface area contributed by atoms with Crippen LogP contribution in [0.1, 0.15) is 0 Å². The summed E-state index contributed by atoms with van der Waals surface area (Å²) in [5.74, 6) is 0. The molecule has 0 radical (unpaired) electrons. The van der Waals surface area contributed by atoms with Gasteiger partial charge in [0.2, 0.25) is 0 Å². The minimum absolute atomic E-state index is 1.24. The molecule has 1 heterocycles. The van der Waals surface area contributed by atoms with Crippen molar-refractivity contribution in [2.24, 2.45) is 7.05 Å². The third-order valence-electron chi connectivity index (χ3n) is 6.21. The largest absolute Gasteiger partial charge is 0.343 e. The topological polar surface area (TPSA) is 4.93 Å². The van der Waals surface area contributed by atoms with Crippen LogP contribution in [-0.2, 0) is 7.05 Å². The van der Waals surface area contributed by atoms with Gasteiger partial charge >= 0.3 is 0 Å². The molecule has 0 saturated heterocycles. The van der Waals surface area contributed by atoms with Gasteiger partial charge in [-0.05, 0) is 39.8 Å². The minimum atomic E-state index is 1.24. The lowest BCUT2D eigenvalue weighted by Gasteiger charge is -2.08. The van der Waals surface area contributed by atoms with Crippen LogP contribution in [0.25, 0.3) is 54.8 Å². The third kappa shape index (κ3) is 2.56. The molecule has 6 aromatic rings. The maximum Gasteiger partial charge on any atom is 0.0568 e. The second kappa shape index (κ2) is 6.60. The minimum Gasteiger partial charge on any atom is -0.343 e. The molecule has 1 aromatic heterocycles. The van der Waals surface area contributed by atoms with Gasteiger partial charge in [0, 0.05) is 28.7 Å². The maximum absolute atomic E-state index is 2.32. The van der Waals surface area contributed by atoms with Crippen LogP contribution >= 0.6 is 0 Å². The van der Waals surface area contributed by atoms with Crippen LogP contribution in [0.3, 0.4) is 0 Å². The molecule has 1 heteroatoms. The number of benzene rings is 5. The van der Waals surface area contributed by atoms with Gasteiger partial charge in [-0.25, -0.2) is 0 Å². The van der Waals surface area contributed by atoms with Crippen LogP contribution in [0.15, 0.2) is 109 Å². The number of hydrogen-bond donors (Lipinski definition) is 0. The number of rotatable bonds is 2. The lowest BCUT2D eigenvalue weighted by molar-refractivity contribution is 1.02. The number of aromatic nitrogens is 1. The lowest BCUT2D eigenvalue weighted by atomic mass is 9.97. The summed E-state index contributed by atoms with van der Waals surface area (Å²) >= 11 is 0. The van der Waals surface area contributed by atoms with Gasteiger partial charge in [-0.2, -0.15) is 0 Å². The fraction of sp³-hybridized carbons (Fsp3) is 0.0345. The maximum atomic E-state index is 2.32. The van der Waals surface area contributed by atoms with Gasteiger partial charge < -0.3 is 4.57 Å². The van der Waals surface area contributed by atoms with Crippen molar-refractivity contribution in [3.05, 3.63) is 109 Å². The molecule has 0 fully saturated rings. The molecule has 0 amide bonds. The molecular formula is C29H21N. The second-order valence-electron chi connectivity index (χ2n) is 7.92. The smallest absolute Gasteiger partial charge is 0.0568 e. The SMILES string of the molecule is Cn1c2ccccc2c2ccc3cc(-c4ccc(-c5ccccc5)cc4)ccc3c21. The zero-order valence-electron chi connectivity index (χ0n) is 16.8. The first-order valence-electron chi connectivity index (χ1n) is 10.4. The van der Waals surface area contributed by atoms with Gasteiger partial charge in [-0.1, -0.05) is 97.1 Å². The standard InChI is InChI=1S/C29H21N/c1-30-28-10-6-5-9-26(28)27-18-16-24-19-23(15-17-25(24)29(27)30)22-13-11-21(12-14-22)20-7-3-2-4-8-20/h2-19H,1H3. The highest BCUT2D eigenvalue weighted by atomic mass is 14.9. The van der Waals surface area contributed by atoms with Crippen molar-refractivity contribution in [3.8, 4) is 22.3 Å². The molecular weight excluding hydrogens is 362 g/mol. The van der Waals surface area contributed by atoms with E-state index < -0.39 is 0 Å². The number of fused-ring (bicyclic) bond motifs is 5. The van der Waals surface area contributed by atoms with Crippen molar-refractivity contribution >= 4 is 32.6 Å². The summed E-state index contributed by atoms with van der Waals surface area (Å²) in [6, 6.07) is 39.4. The molecule has 0 aliphatic rings. The number of nitrogens with zero attached hydrogens (tertiary/aromatic N) is 1. The van der Waals surface area contributed by atoms with E-state index in [2.05, 4.69) is 121 Å². The molecule has 0 aliphatic heterocycles. The predicted octanol–water partition coefficient (Wildman–Crippen LogP) is 7.82. The molecule has 0 unspecified atom stereocenters. The van der Waals surface area contributed by atoms with E-state index in [0.717, 1.165) is 0 Å². The van der Waals surface area contributed by atoms with E-state index in [-0.39, 0.29) is 0 Å². The highest BCUT2D eigenvalue weighted by Gasteiger charge is 2.11. The Morgan fingerprint density at radius 2 is 1.07 bits per heavy atom. The van der Waals surface area contributed by atoms with E-state index in [1.807, 2.05) is 0 Å². The summed E-state index contributed by atoms with van der Waals surface area (Å²) in [6.07, 6.45) is 0. The highest BCUT2D eigenvalue weighted by molar-refractivity contribution is 6.17. The van der Waals surface area contributed by atoms with Crippen molar-refractivity contribution in [1.82, 2.24) is 4.57 Å². The summed E-state index contributed by atoms with van der Waals surface area (Å²) in [5.41, 5.74) is 7.58. The molecule has 0 atom stereocenters. The van der Waals surface area contributed by atoms with E-state index in [0.29, 0.717) is 0 Å². The zero-order valence-corrected chi connectivity index (χ0v) is 16.8. The Kier molecular flexibility index (Phi) is 3.75. The molecule has 0 aliphatic carbocycles. The fourth-order valence-corrected chi connectivity index (χ4v) is 4.67. The molecule has 0 spiro atoms. The molecule has 30 heavy (non-hydrogen) atoms. The van der Waals surface area contributed by atoms with E-state index in [1.54, 1.807) is 0 Å². The average molecular weight is 383 g/mol. The van der Waals surface area contributed by atoms with E-state index in [1.165, 1.54) is 54.8 Å². The molecule has 6 rings (SSSR count). The number of aryl methyl sites for hydroxylation is 1. The molecule has 0 saturated carbocycles. The monoisotopic (exact) mass is 383 g/mol. The quantitative estimate of drug-likeness (QED) is 0.287. The van der Waals surface area contributed by atoms with Crippen molar-refractivity contribution in [2.45, 2.75) is 0 Å².